The van der Waals surface area contributed by atoms with Crippen molar-refractivity contribution in [1.82, 2.24) is 10.2 Å². The van der Waals surface area contributed by atoms with Gasteiger partial charge in [0.25, 0.3) is 0 Å². The lowest BCUT2D eigenvalue weighted by atomic mass is 10.0. The average molecular weight is 236 g/mol. The van der Waals surface area contributed by atoms with Crippen molar-refractivity contribution in [1.29, 1.82) is 0 Å². The fraction of sp³-hybridized carbons (Fsp3) is 0.714. The van der Waals surface area contributed by atoms with Gasteiger partial charge in [0.05, 0.1) is 12.3 Å². The van der Waals surface area contributed by atoms with Crippen molar-refractivity contribution in [3.8, 4) is 0 Å². The van der Waals surface area contributed by atoms with Crippen molar-refractivity contribution in [2.24, 2.45) is 0 Å². The molecule has 0 aromatic carbocycles. The summed E-state index contributed by atoms with van der Waals surface area (Å²) in [4.78, 5) is 2.49. The lowest BCUT2D eigenvalue weighted by Gasteiger charge is -2.32. The van der Waals surface area contributed by atoms with Gasteiger partial charge in [0.1, 0.15) is 5.76 Å². The molecule has 1 aliphatic rings. The molecular formula is C14H24N2O. The van der Waals surface area contributed by atoms with E-state index in [0.717, 1.165) is 18.8 Å². The molecule has 1 saturated heterocycles. The number of nitrogens with one attached hydrogen (secondary N) is 1. The molecule has 0 radical (unpaired) electrons. The number of furan rings is 1. The Kier molecular flexibility index (Phi) is 4.63. The van der Waals surface area contributed by atoms with Gasteiger partial charge in [-0.1, -0.05) is 13.3 Å². The Balaban J connectivity index is 1.91. The first kappa shape index (κ1) is 12.7. The maximum absolute atomic E-state index is 5.51. The van der Waals surface area contributed by atoms with Crippen molar-refractivity contribution < 1.29 is 4.42 Å². The van der Waals surface area contributed by atoms with Gasteiger partial charge in [-0.3, -0.25) is 4.90 Å². The molecule has 0 aliphatic carbocycles. The van der Waals surface area contributed by atoms with Crippen LogP contribution >= 0.6 is 0 Å². The molecule has 2 rings (SSSR count). The maximum atomic E-state index is 5.51. The molecule has 2 heterocycles. The molecule has 2 atom stereocenters. The number of nitrogens with zero attached hydrogens (tertiary/aromatic N) is 1. The fourth-order valence-corrected chi connectivity index (χ4v) is 2.63. The van der Waals surface area contributed by atoms with Gasteiger partial charge in [0, 0.05) is 12.6 Å². The normalized spacial score (nSPS) is 22.9. The lowest BCUT2D eigenvalue weighted by Crippen LogP contribution is -2.44. The van der Waals surface area contributed by atoms with E-state index in [0.29, 0.717) is 12.1 Å². The third-order valence-electron chi connectivity index (χ3n) is 3.78. The minimum absolute atomic E-state index is 0.374. The van der Waals surface area contributed by atoms with Crippen LogP contribution in [0.4, 0.5) is 0 Å². The summed E-state index contributed by atoms with van der Waals surface area (Å²) in [5.41, 5.74) is 0. The van der Waals surface area contributed by atoms with Crippen LogP contribution in [0.15, 0.2) is 22.8 Å². The summed E-state index contributed by atoms with van der Waals surface area (Å²) < 4.78 is 5.51. The van der Waals surface area contributed by atoms with E-state index in [2.05, 4.69) is 30.1 Å². The van der Waals surface area contributed by atoms with Gasteiger partial charge < -0.3 is 9.73 Å². The van der Waals surface area contributed by atoms with Crippen LogP contribution in [0.5, 0.6) is 0 Å². The summed E-state index contributed by atoms with van der Waals surface area (Å²) in [6.07, 6.45) is 5.76. The molecule has 96 valence electrons. The van der Waals surface area contributed by atoms with Crippen molar-refractivity contribution in [2.45, 2.75) is 45.2 Å². The fourth-order valence-electron chi connectivity index (χ4n) is 2.63. The minimum Gasteiger partial charge on any atom is -0.468 e. The van der Waals surface area contributed by atoms with Crippen molar-refractivity contribution >= 4 is 0 Å². The zero-order valence-corrected chi connectivity index (χ0v) is 11.0. The molecule has 2 unspecified atom stereocenters. The Morgan fingerprint density at radius 3 is 3.00 bits per heavy atom. The quantitative estimate of drug-likeness (QED) is 0.852. The molecule has 1 aromatic rings. The monoisotopic (exact) mass is 236 g/mol. The van der Waals surface area contributed by atoms with Crippen molar-refractivity contribution in [3.05, 3.63) is 24.2 Å². The van der Waals surface area contributed by atoms with Gasteiger partial charge in [-0.15, -0.1) is 0 Å². The van der Waals surface area contributed by atoms with Gasteiger partial charge in [-0.25, -0.2) is 0 Å². The van der Waals surface area contributed by atoms with Crippen LogP contribution in [0.3, 0.4) is 0 Å². The van der Waals surface area contributed by atoms with E-state index in [1.165, 1.54) is 25.8 Å². The van der Waals surface area contributed by atoms with Gasteiger partial charge >= 0.3 is 0 Å². The van der Waals surface area contributed by atoms with Crippen LogP contribution in [-0.4, -0.2) is 30.6 Å². The number of hydrogen-bond donors (Lipinski definition) is 1. The summed E-state index contributed by atoms with van der Waals surface area (Å²) in [5.74, 6) is 1.07. The van der Waals surface area contributed by atoms with E-state index in [4.69, 9.17) is 4.42 Å². The second-order valence-corrected chi connectivity index (χ2v) is 4.93. The first-order valence-corrected chi connectivity index (χ1v) is 6.82. The van der Waals surface area contributed by atoms with E-state index in [1.807, 2.05) is 6.07 Å². The van der Waals surface area contributed by atoms with Crippen LogP contribution in [0.25, 0.3) is 0 Å². The smallest absolute Gasteiger partial charge is 0.120 e. The molecule has 1 N–H and O–H groups in total. The molecule has 0 amide bonds. The highest BCUT2D eigenvalue weighted by atomic mass is 16.3. The number of rotatable bonds is 5. The molecule has 1 fully saturated rings. The Bertz CT molecular complexity index is 304. The largest absolute Gasteiger partial charge is 0.468 e. The molecule has 0 bridgehead atoms. The Morgan fingerprint density at radius 2 is 2.41 bits per heavy atom. The zero-order valence-electron chi connectivity index (χ0n) is 11.0. The SMILES string of the molecule is CCN(CC1CCCCN1)C(C)c1ccco1. The molecule has 3 heteroatoms. The highest BCUT2D eigenvalue weighted by molar-refractivity contribution is 5.03. The molecule has 0 saturated carbocycles. The number of hydrogen-bond acceptors (Lipinski definition) is 3. The van der Waals surface area contributed by atoms with Gasteiger partial charge in [0.2, 0.25) is 0 Å². The Labute approximate surface area is 104 Å². The summed E-state index contributed by atoms with van der Waals surface area (Å²) in [7, 11) is 0. The second kappa shape index (κ2) is 6.22. The highest BCUT2D eigenvalue weighted by Crippen LogP contribution is 2.21. The third-order valence-corrected chi connectivity index (χ3v) is 3.78. The summed E-state index contributed by atoms with van der Waals surface area (Å²) in [5, 5.41) is 3.61. The van der Waals surface area contributed by atoms with E-state index >= 15 is 0 Å². The lowest BCUT2D eigenvalue weighted by molar-refractivity contribution is 0.167. The van der Waals surface area contributed by atoms with Gasteiger partial charge in [-0.05, 0) is 45.0 Å². The first-order chi connectivity index (χ1) is 8.31. The first-order valence-electron chi connectivity index (χ1n) is 6.82. The molecule has 0 spiro atoms. The molecule has 1 aliphatic heterocycles. The summed E-state index contributed by atoms with van der Waals surface area (Å²) in [6, 6.07) is 5.07. The molecule has 17 heavy (non-hydrogen) atoms. The third kappa shape index (κ3) is 3.33. The number of likely N-dealkylation sites (N-methyl/N-ethyl adjacent to an activating group) is 1. The van der Waals surface area contributed by atoms with Crippen LogP contribution in [0.1, 0.15) is 44.9 Å². The molecule has 1 aromatic heterocycles. The van der Waals surface area contributed by atoms with Crippen LogP contribution < -0.4 is 5.32 Å². The standard InChI is InChI=1S/C14H24N2O/c1-3-16(11-13-7-4-5-9-15-13)12(2)14-8-6-10-17-14/h6,8,10,12-13,15H,3-5,7,9,11H2,1-2H3. The maximum Gasteiger partial charge on any atom is 0.120 e. The highest BCUT2D eigenvalue weighted by Gasteiger charge is 2.21. The topological polar surface area (TPSA) is 28.4 Å². The van der Waals surface area contributed by atoms with Crippen LogP contribution in [0.2, 0.25) is 0 Å². The molecular weight excluding hydrogens is 212 g/mol. The zero-order chi connectivity index (χ0) is 12.1. The predicted molar refractivity (Wildman–Crippen MR) is 70.0 cm³/mol. The minimum atomic E-state index is 0.374. The van der Waals surface area contributed by atoms with Gasteiger partial charge in [-0.2, -0.15) is 0 Å². The Hall–Kier alpha value is -0.800. The molecule has 3 nitrogen and oxygen atoms in total. The van der Waals surface area contributed by atoms with E-state index in [-0.39, 0.29) is 0 Å². The summed E-state index contributed by atoms with van der Waals surface area (Å²) >= 11 is 0. The van der Waals surface area contributed by atoms with E-state index in [1.54, 1.807) is 6.26 Å². The average Bonchev–Trinajstić information content (AvgIpc) is 2.90. The second-order valence-electron chi connectivity index (χ2n) is 4.93. The predicted octanol–water partition coefficient (Wildman–Crippen LogP) is 2.80. The van der Waals surface area contributed by atoms with E-state index in [9.17, 15) is 0 Å². The van der Waals surface area contributed by atoms with Crippen LogP contribution in [-0.2, 0) is 0 Å². The van der Waals surface area contributed by atoms with E-state index < -0.39 is 0 Å². The Morgan fingerprint density at radius 1 is 1.53 bits per heavy atom. The van der Waals surface area contributed by atoms with Crippen molar-refractivity contribution in [3.63, 3.8) is 0 Å². The van der Waals surface area contributed by atoms with Crippen molar-refractivity contribution in [2.75, 3.05) is 19.6 Å². The van der Waals surface area contributed by atoms with Gasteiger partial charge in [0.15, 0.2) is 0 Å². The number of piperidine rings is 1. The summed E-state index contributed by atoms with van der Waals surface area (Å²) in [6.45, 7) is 7.82. The van der Waals surface area contributed by atoms with Crippen LogP contribution in [0, 0.1) is 0 Å².